The highest BCUT2D eigenvalue weighted by Gasteiger charge is 2.34. The molecule has 0 atom stereocenters. The summed E-state index contributed by atoms with van der Waals surface area (Å²) in [6, 6.07) is 1.04. The molecule has 1 aliphatic heterocycles. The fourth-order valence-electron chi connectivity index (χ4n) is 1.65. The molecule has 1 fully saturated rings. The lowest BCUT2D eigenvalue weighted by Gasteiger charge is -2.11. The molecule has 0 radical (unpaired) electrons. The minimum Gasteiger partial charge on any atom is -0.467 e. The number of hydrazine groups is 1. The van der Waals surface area contributed by atoms with Gasteiger partial charge in [0, 0.05) is 7.05 Å². The number of furan rings is 1. The lowest BCUT2D eigenvalue weighted by molar-refractivity contribution is -0.125. The summed E-state index contributed by atoms with van der Waals surface area (Å²) in [7, 11) is 1.54. The largest absolute Gasteiger partial charge is 0.467 e. The van der Waals surface area contributed by atoms with Crippen LogP contribution in [0.2, 0.25) is 0 Å². The molecule has 3 N–H and O–H groups in total. The number of urea groups is 1. The van der Waals surface area contributed by atoms with Gasteiger partial charge in [-0.05, 0) is 6.07 Å². The summed E-state index contributed by atoms with van der Waals surface area (Å²) in [5, 5.41) is 0. The van der Waals surface area contributed by atoms with Crippen LogP contribution in [0, 0.1) is 0 Å². The van der Waals surface area contributed by atoms with Crippen LogP contribution in [0.15, 0.2) is 16.7 Å². The van der Waals surface area contributed by atoms with Gasteiger partial charge in [0.25, 0.3) is 11.8 Å². The SMILES string of the molecule is CN1CC(=O)N(Cc2cc(C(=O)NN)co2)C1=O. The highest BCUT2D eigenvalue weighted by atomic mass is 16.3. The third kappa shape index (κ3) is 2.05. The highest BCUT2D eigenvalue weighted by Crippen LogP contribution is 2.15. The van der Waals surface area contributed by atoms with Crippen LogP contribution in [0.5, 0.6) is 0 Å². The van der Waals surface area contributed by atoms with E-state index in [0.29, 0.717) is 5.76 Å². The Hall–Kier alpha value is -2.35. The van der Waals surface area contributed by atoms with Gasteiger partial charge in [-0.2, -0.15) is 0 Å². The molecule has 1 aromatic rings. The molecule has 8 nitrogen and oxygen atoms in total. The van der Waals surface area contributed by atoms with Crippen LogP contribution in [0.4, 0.5) is 4.79 Å². The number of carbonyl (C=O) groups excluding carboxylic acids is 3. The van der Waals surface area contributed by atoms with Crippen LogP contribution in [0.1, 0.15) is 16.1 Å². The van der Waals surface area contributed by atoms with Gasteiger partial charge >= 0.3 is 6.03 Å². The van der Waals surface area contributed by atoms with Gasteiger partial charge in [0.15, 0.2) is 0 Å². The van der Waals surface area contributed by atoms with Crippen molar-refractivity contribution in [1.82, 2.24) is 15.2 Å². The molecular formula is C10H12N4O4. The Balaban J connectivity index is 2.10. The van der Waals surface area contributed by atoms with Crippen LogP contribution in [0.3, 0.4) is 0 Å². The number of nitrogens with zero attached hydrogens (tertiary/aromatic N) is 2. The summed E-state index contributed by atoms with van der Waals surface area (Å²) in [6.45, 7) is 0.0511. The number of carbonyl (C=O) groups is 3. The topological polar surface area (TPSA) is 109 Å². The summed E-state index contributed by atoms with van der Waals surface area (Å²) in [4.78, 5) is 36.7. The molecule has 4 amide bonds. The average molecular weight is 252 g/mol. The van der Waals surface area contributed by atoms with Crippen molar-refractivity contribution < 1.29 is 18.8 Å². The van der Waals surface area contributed by atoms with Crippen molar-refractivity contribution in [2.75, 3.05) is 13.6 Å². The zero-order valence-electron chi connectivity index (χ0n) is 9.67. The Labute approximate surface area is 102 Å². The zero-order valence-corrected chi connectivity index (χ0v) is 9.67. The predicted molar refractivity (Wildman–Crippen MR) is 58.9 cm³/mol. The van der Waals surface area contributed by atoms with Crippen molar-refractivity contribution in [2.24, 2.45) is 5.84 Å². The van der Waals surface area contributed by atoms with E-state index in [2.05, 4.69) is 0 Å². The first-order valence-corrected chi connectivity index (χ1v) is 5.16. The van der Waals surface area contributed by atoms with E-state index in [-0.39, 0.29) is 30.6 Å². The summed E-state index contributed by atoms with van der Waals surface area (Å²) >= 11 is 0. The van der Waals surface area contributed by atoms with Crippen LogP contribution < -0.4 is 11.3 Å². The maximum atomic E-state index is 11.6. The summed E-state index contributed by atoms with van der Waals surface area (Å²) in [6.07, 6.45) is 1.21. The van der Waals surface area contributed by atoms with E-state index in [9.17, 15) is 14.4 Å². The Bertz CT molecular complexity index is 510. The van der Waals surface area contributed by atoms with E-state index >= 15 is 0 Å². The van der Waals surface area contributed by atoms with Gasteiger partial charge in [0.2, 0.25) is 0 Å². The van der Waals surface area contributed by atoms with E-state index < -0.39 is 5.91 Å². The maximum absolute atomic E-state index is 11.6. The Morgan fingerprint density at radius 2 is 2.28 bits per heavy atom. The normalized spacial score (nSPS) is 15.4. The van der Waals surface area contributed by atoms with Crippen molar-refractivity contribution in [3.8, 4) is 0 Å². The van der Waals surface area contributed by atoms with Gasteiger partial charge in [0.1, 0.15) is 18.6 Å². The van der Waals surface area contributed by atoms with Gasteiger partial charge in [-0.25, -0.2) is 10.6 Å². The number of nitrogen functional groups attached to an aromatic ring is 1. The Morgan fingerprint density at radius 3 is 2.83 bits per heavy atom. The van der Waals surface area contributed by atoms with Crippen molar-refractivity contribution in [3.05, 3.63) is 23.7 Å². The van der Waals surface area contributed by atoms with E-state index in [1.54, 1.807) is 0 Å². The summed E-state index contributed by atoms with van der Waals surface area (Å²) < 4.78 is 5.10. The predicted octanol–water partition coefficient (Wildman–Crippen LogP) is -0.723. The first-order valence-electron chi connectivity index (χ1n) is 5.16. The van der Waals surface area contributed by atoms with Crippen molar-refractivity contribution >= 4 is 17.8 Å². The molecule has 1 aromatic heterocycles. The molecular weight excluding hydrogens is 240 g/mol. The van der Waals surface area contributed by atoms with E-state index in [1.165, 1.54) is 24.3 Å². The second-order valence-corrected chi connectivity index (χ2v) is 3.89. The number of amides is 4. The fourth-order valence-corrected chi connectivity index (χ4v) is 1.65. The second-order valence-electron chi connectivity index (χ2n) is 3.89. The quantitative estimate of drug-likeness (QED) is 0.319. The molecule has 1 aliphatic rings. The summed E-state index contributed by atoms with van der Waals surface area (Å²) in [5.41, 5.74) is 2.19. The van der Waals surface area contributed by atoms with Crippen molar-refractivity contribution in [1.29, 1.82) is 0 Å². The van der Waals surface area contributed by atoms with Gasteiger partial charge < -0.3 is 9.32 Å². The Morgan fingerprint density at radius 1 is 1.56 bits per heavy atom. The Kier molecular flexibility index (Phi) is 3.02. The number of imide groups is 1. The van der Waals surface area contributed by atoms with Crippen LogP contribution >= 0.6 is 0 Å². The van der Waals surface area contributed by atoms with E-state index in [0.717, 1.165) is 4.90 Å². The first kappa shape index (κ1) is 12.1. The molecule has 0 aromatic carbocycles. The molecule has 0 aliphatic carbocycles. The molecule has 0 unspecified atom stereocenters. The number of hydrogen-bond acceptors (Lipinski definition) is 5. The molecule has 0 saturated carbocycles. The number of nitrogens with one attached hydrogen (secondary N) is 1. The van der Waals surface area contributed by atoms with Crippen molar-refractivity contribution in [2.45, 2.75) is 6.54 Å². The molecule has 2 heterocycles. The molecule has 8 heteroatoms. The smallest absolute Gasteiger partial charge is 0.327 e. The minimum absolute atomic E-state index is 0.000141. The van der Waals surface area contributed by atoms with Gasteiger partial charge in [0.05, 0.1) is 12.1 Å². The average Bonchev–Trinajstić information content (AvgIpc) is 2.90. The van der Waals surface area contributed by atoms with Crippen LogP contribution in [0.25, 0.3) is 0 Å². The highest BCUT2D eigenvalue weighted by molar-refractivity contribution is 6.01. The standard InChI is InChI=1S/C10H12N4O4/c1-13-4-8(15)14(10(13)17)3-7-2-6(5-18-7)9(16)12-11/h2,5H,3-4,11H2,1H3,(H,12,16). The monoisotopic (exact) mass is 252 g/mol. The first-order chi connectivity index (χ1) is 8.52. The summed E-state index contributed by atoms with van der Waals surface area (Å²) in [5.74, 6) is 4.51. The molecule has 1 saturated heterocycles. The van der Waals surface area contributed by atoms with Gasteiger partial charge in [-0.15, -0.1) is 0 Å². The van der Waals surface area contributed by atoms with E-state index in [4.69, 9.17) is 10.3 Å². The minimum atomic E-state index is -0.499. The van der Waals surface area contributed by atoms with E-state index in [1.807, 2.05) is 5.43 Å². The lowest BCUT2D eigenvalue weighted by atomic mass is 10.3. The molecule has 18 heavy (non-hydrogen) atoms. The lowest BCUT2D eigenvalue weighted by Crippen LogP contribution is -2.31. The number of likely N-dealkylation sites (N-methyl/N-ethyl adjacent to an activating group) is 1. The van der Waals surface area contributed by atoms with Crippen LogP contribution in [-0.4, -0.2) is 41.2 Å². The number of hydrogen-bond donors (Lipinski definition) is 2. The molecule has 2 rings (SSSR count). The third-order valence-corrected chi connectivity index (χ3v) is 2.59. The fraction of sp³-hybridized carbons (Fsp3) is 0.300. The van der Waals surface area contributed by atoms with Gasteiger partial charge in [-0.1, -0.05) is 0 Å². The molecule has 0 spiro atoms. The van der Waals surface area contributed by atoms with Gasteiger partial charge in [-0.3, -0.25) is 19.9 Å². The second kappa shape index (κ2) is 4.49. The zero-order chi connectivity index (χ0) is 13.3. The van der Waals surface area contributed by atoms with Crippen molar-refractivity contribution in [3.63, 3.8) is 0 Å². The van der Waals surface area contributed by atoms with Crippen LogP contribution in [-0.2, 0) is 11.3 Å². The number of rotatable bonds is 3. The maximum Gasteiger partial charge on any atom is 0.327 e. The third-order valence-electron chi connectivity index (χ3n) is 2.59. The number of nitrogens with two attached hydrogens (primary N) is 1. The molecule has 96 valence electrons. The molecule has 0 bridgehead atoms.